The topological polar surface area (TPSA) is 72.7 Å². The Morgan fingerprint density at radius 3 is 2.22 bits per heavy atom. The van der Waals surface area contributed by atoms with Gasteiger partial charge in [0.15, 0.2) is 0 Å². The molecule has 0 saturated heterocycles. The van der Waals surface area contributed by atoms with Crippen LogP contribution in [0.25, 0.3) is 0 Å². The summed E-state index contributed by atoms with van der Waals surface area (Å²) in [6.07, 6.45) is 0.603. The first-order valence-corrected chi connectivity index (χ1v) is 4.93. The molecule has 0 aromatic heterocycles. The highest BCUT2D eigenvalue weighted by Gasteiger charge is 2.24. The van der Waals surface area contributed by atoms with E-state index in [-0.39, 0.29) is 6.04 Å². The highest BCUT2D eigenvalue weighted by molar-refractivity contribution is 6.56. The number of nitrogens with one attached hydrogen (secondary N) is 1. The van der Waals surface area contributed by atoms with Crippen molar-refractivity contribution >= 4 is 8.80 Å². The smallest absolute Gasteiger partial charge is 0.390 e. The van der Waals surface area contributed by atoms with Gasteiger partial charge in [-0.2, -0.15) is 0 Å². The average molecular weight is 151 g/mol. The van der Waals surface area contributed by atoms with E-state index < -0.39 is 8.80 Å². The standard InChI is InChI=1S/C4H13NO3Si/c1-5-3-2-4-9(6,7)8/h5-8H,2-4H2,1H3. The van der Waals surface area contributed by atoms with Crippen LogP contribution in [0.1, 0.15) is 6.42 Å². The number of hydrogen-bond donors (Lipinski definition) is 4. The molecule has 0 atom stereocenters. The quantitative estimate of drug-likeness (QED) is 0.292. The molecule has 0 heterocycles. The van der Waals surface area contributed by atoms with Crippen molar-refractivity contribution in [3.05, 3.63) is 0 Å². The molecule has 0 radical (unpaired) electrons. The van der Waals surface area contributed by atoms with E-state index in [1.807, 2.05) is 0 Å². The van der Waals surface area contributed by atoms with Gasteiger partial charge >= 0.3 is 8.80 Å². The first kappa shape index (κ1) is 9.06. The molecule has 9 heavy (non-hydrogen) atoms. The summed E-state index contributed by atoms with van der Waals surface area (Å²) in [7, 11) is -1.96. The minimum atomic E-state index is -3.73. The average Bonchev–Trinajstić information content (AvgIpc) is 1.63. The Balaban J connectivity index is 3.07. The molecule has 5 heteroatoms. The Morgan fingerprint density at radius 2 is 1.89 bits per heavy atom. The van der Waals surface area contributed by atoms with Gasteiger partial charge in [-0.15, -0.1) is 0 Å². The normalized spacial score (nSPS) is 12.0. The second-order valence-electron chi connectivity index (χ2n) is 1.98. The molecule has 4 nitrogen and oxygen atoms in total. The van der Waals surface area contributed by atoms with E-state index in [1.165, 1.54) is 0 Å². The van der Waals surface area contributed by atoms with Crippen molar-refractivity contribution in [1.29, 1.82) is 0 Å². The summed E-state index contributed by atoms with van der Waals surface area (Å²) in [5.41, 5.74) is 0. The van der Waals surface area contributed by atoms with E-state index in [1.54, 1.807) is 7.05 Å². The maximum absolute atomic E-state index is 8.47. The van der Waals surface area contributed by atoms with Gasteiger partial charge in [0.2, 0.25) is 0 Å². The fourth-order valence-corrected chi connectivity index (χ4v) is 1.15. The Labute approximate surface area is 55.5 Å². The van der Waals surface area contributed by atoms with Crippen molar-refractivity contribution in [3.63, 3.8) is 0 Å². The zero-order chi connectivity index (χ0) is 7.33. The molecule has 0 spiro atoms. The van der Waals surface area contributed by atoms with Gasteiger partial charge in [0, 0.05) is 6.04 Å². The first-order valence-electron chi connectivity index (χ1n) is 2.88. The molecule has 0 bridgehead atoms. The third-order valence-electron chi connectivity index (χ3n) is 0.939. The van der Waals surface area contributed by atoms with Gasteiger partial charge in [0.25, 0.3) is 0 Å². The Kier molecular flexibility index (Phi) is 3.99. The molecular formula is C4H13NO3Si. The molecule has 0 aromatic carbocycles. The van der Waals surface area contributed by atoms with E-state index >= 15 is 0 Å². The van der Waals surface area contributed by atoms with Crippen LogP contribution >= 0.6 is 0 Å². The molecule has 0 rings (SSSR count). The Hall–Kier alpha value is 0.0569. The fraction of sp³-hybridized carbons (Fsp3) is 1.00. The SMILES string of the molecule is CNCCC[Si](O)(O)O. The van der Waals surface area contributed by atoms with Crippen LogP contribution in [-0.2, 0) is 0 Å². The zero-order valence-corrected chi connectivity index (χ0v) is 6.46. The summed E-state index contributed by atoms with van der Waals surface area (Å²) in [6.45, 7) is 0.705. The predicted molar refractivity (Wildman–Crippen MR) is 35.8 cm³/mol. The molecule has 4 N–H and O–H groups in total. The van der Waals surface area contributed by atoms with Gasteiger partial charge in [0.1, 0.15) is 0 Å². The summed E-state index contributed by atoms with van der Waals surface area (Å²) < 4.78 is 0. The lowest BCUT2D eigenvalue weighted by Gasteiger charge is -2.07. The summed E-state index contributed by atoms with van der Waals surface area (Å²) in [4.78, 5) is 25.4. The largest absolute Gasteiger partial charge is 0.492 e. The first-order chi connectivity index (χ1) is 4.06. The van der Waals surface area contributed by atoms with E-state index in [0.717, 1.165) is 0 Å². The summed E-state index contributed by atoms with van der Waals surface area (Å²) >= 11 is 0. The van der Waals surface area contributed by atoms with Crippen molar-refractivity contribution in [2.75, 3.05) is 13.6 Å². The van der Waals surface area contributed by atoms with Gasteiger partial charge in [-0.1, -0.05) is 0 Å². The molecule has 0 aliphatic heterocycles. The van der Waals surface area contributed by atoms with Crippen molar-refractivity contribution < 1.29 is 14.4 Å². The lowest BCUT2D eigenvalue weighted by Crippen LogP contribution is -2.34. The van der Waals surface area contributed by atoms with Gasteiger partial charge in [-0.3, -0.25) is 0 Å². The molecule has 0 aromatic rings. The number of hydrogen-bond acceptors (Lipinski definition) is 4. The summed E-state index contributed by atoms with van der Waals surface area (Å²) in [5.74, 6) is 0. The van der Waals surface area contributed by atoms with Crippen LogP contribution in [0.15, 0.2) is 0 Å². The molecule has 0 fully saturated rings. The molecule has 0 aliphatic rings. The number of rotatable bonds is 4. The highest BCUT2D eigenvalue weighted by Crippen LogP contribution is 1.98. The van der Waals surface area contributed by atoms with Crippen molar-refractivity contribution in [3.8, 4) is 0 Å². The van der Waals surface area contributed by atoms with Crippen LogP contribution < -0.4 is 5.32 Å². The van der Waals surface area contributed by atoms with E-state index in [0.29, 0.717) is 13.0 Å². The van der Waals surface area contributed by atoms with Crippen molar-refractivity contribution in [2.24, 2.45) is 0 Å². The minimum absolute atomic E-state index is 0.119. The lowest BCUT2D eigenvalue weighted by atomic mass is 10.5. The Bertz CT molecular complexity index is 72.7. The molecule has 56 valence electrons. The third kappa shape index (κ3) is 8.06. The van der Waals surface area contributed by atoms with Gasteiger partial charge in [-0.25, -0.2) is 0 Å². The minimum Gasteiger partial charge on any atom is -0.390 e. The maximum atomic E-state index is 8.47. The second-order valence-corrected chi connectivity index (χ2v) is 4.03. The monoisotopic (exact) mass is 151 g/mol. The maximum Gasteiger partial charge on any atom is 0.492 e. The van der Waals surface area contributed by atoms with E-state index in [2.05, 4.69) is 5.32 Å². The molecule has 0 aliphatic carbocycles. The van der Waals surface area contributed by atoms with Crippen LogP contribution in [-0.4, -0.2) is 36.8 Å². The van der Waals surface area contributed by atoms with Crippen molar-refractivity contribution in [2.45, 2.75) is 12.5 Å². The molecular weight excluding hydrogens is 138 g/mol. The summed E-state index contributed by atoms with van der Waals surface area (Å²) in [6, 6.07) is 0.119. The third-order valence-corrected chi connectivity index (χ3v) is 1.96. The van der Waals surface area contributed by atoms with Gasteiger partial charge in [-0.05, 0) is 20.0 Å². The second kappa shape index (κ2) is 3.97. The molecule has 0 unspecified atom stereocenters. The van der Waals surface area contributed by atoms with Crippen LogP contribution in [0.4, 0.5) is 0 Å². The van der Waals surface area contributed by atoms with Crippen molar-refractivity contribution in [1.82, 2.24) is 5.32 Å². The van der Waals surface area contributed by atoms with E-state index in [9.17, 15) is 0 Å². The fourth-order valence-electron chi connectivity index (χ4n) is 0.502. The predicted octanol–water partition coefficient (Wildman–Crippen LogP) is -1.49. The molecule has 0 saturated carbocycles. The zero-order valence-electron chi connectivity index (χ0n) is 5.46. The molecule has 0 amide bonds. The summed E-state index contributed by atoms with van der Waals surface area (Å²) in [5, 5.41) is 2.83. The van der Waals surface area contributed by atoms with Crippen LogP contribution in [0.2, 0.25) is 6.04 Å². The van der Waals surface area contributed by atoms with Crippen LogP contribution in [0.5, 0.6) is 0 Å². The highest BCUT2D eigenvalue weighted by atomic mass is 28.4. The van der Waals surface area contributed by atoms with Gasteiger partial charge in [0.05, 0.1) is 0 Å². The van der Waals surface area contributed by atoms with Crippen LogP contribution in [0.3, 0.4) is 0 Å². The Morgan fingerprint density at radius 1 is 1.33 bits per heavy atom. The van der Waals surface area contributed by atoms with E-state index in [4.69, 9.17) is 14.4 Å². The van der Waals surface area contributed by atoms with Gasteiger partial charge < -0.3 is 19.7 Å². The van der Waals surface area contributed by atoms with Crippen LogP contribution in [0, 0.1) is 0 Å². The lowest BCUT2D eigenvalue weighted by molar-refractivity contribution is 0.226.